The molecular formula is C17H26NO5P. The molecule has 1 heterocycles. The third-order valence-electron chi connectivity index (χ3n) is 4.07. The van der Waals surface area contributed by atoms with Crippen molar-refractivity contribution < 1.29 is 23.1 Å². The standard InChI is InChI=1S/C17H26NO5P/c1-5-22-24(20,23-6-2)17-16(12-21-14(4)19)18(17)13(3)15-10-8-7-9-11-15/h7-11,13,16-17H,5-6,12H2,1-4H3/t13-,16+,17-,18?/m1/s1. The molecule has 1 aliphatic heterocycles. The van der Waals surface area contributed by atoms with Gasteiger partial charge in [0.1, 0.15) is 12.4 Å². The molecule has 1 saturated heterocycles. The van der Waals surface area contributed by atoms with Gasteiger partial charge in [-0.25, -0.2) is 0 Å². The van der Waals surface area contributed by atoms with Crippen molar-refractivity contribution in [1.29, 1.82) is 0 Å². The average Bonchev–Trinajstić information content (AvgIpc) is 3.28. The van der Waals surface area contributed by atoms with Crippen LogP contribution in [-0.2, 0) is 23.1 Å². The molecule has 1 unspecified atom stereocenters. The van der Waals surface area contributed by atoms with E-state index in [1.807, 2.05) is 42.2 Å². The lowest BCUT2D eigenvalue weighted by atomic mass is 10.1. The van der Waals surface area contributed by atoms with Crippen LogP contribution in [0.5, 0.6) is 0 Å². The zero-order valence-electron chi connectivity index (χ0n) is 14.7. The summed E-state index contributed by atoms with van der Waals surface area (Å²) < 4.78 is 29.3. The summed E-state index contributed by atoms with van der Waals surface area (Å²) in [6.07, 6.45) is 0. The van der Waals surface area contributed by atoms with Crippen LogP contribution in [0.2, 0.25) is 0 Å². The minimum atomic E-state index is -3.29. The van der Waals surface area contributed by atoms with E-state index in [0.717, 1.165) is 5.56 Å². The fraction of sp³-hybridized carbons (Fsp3) is 0.588. The van der Waals surface area contributed by atoms with Crippen LogP contribution in [0, 0.1) is 0 Å². The van der Waals surface area contributed by atoms with E-state index in [-0.39, 0.29) is 24.7 Å². The maximum Gasteiger partial charge on any atom is 0.349 e. The van der Waals surface area contributed by atoms with Crippen molar-refractivity contribution in [3.8, 4) is 0 Å². The van der Waals surface area contributed by atoms with Gasteiger partial charge >= 0.3 is 13.6 Å². The van der Waals surface area contributed by atoms with Crippen LogP contribution < -0.4 is 0 Å². The number of hydrogen-bond donors (Lipinski definition) is 0. The smallest absolute Gasteiger partial charge is 0.349 e. The van der Waals surface area contributed by atoms with Crippen molar-refractivity contribution in [2.45, 2.75) is 45.6 Å². The largest absolute Gasteiger partial charge is 0.464 e. The summed E-state index contributed by atoms with van der Waals surface area (Å²) in [6, 6.07) is 9.79. The summed E-state index contributed by atoms with van der Waals surface area (Å²) in [4.78, 5) is 13.2. The number of benzene rings is 1. The highest BCUT2D eigenvalue weighted by Gasteiger charge is 2.62. The molecule has 0 amide bonds. The van der Waals surface area contributed by atoms with E-state index in [4.69, 9.17) is 13.8 Å². The molecule has 0 bridgehead atoms. The zero-order valence-corrected chi connectivity index (χ0v) is 15.6. The maximum atomic E-state index is 13.2. The van der Waals surface area contributed by atoms with Crippen LogP contribution in [0.3, 0.4) is 0 Å². The Balaban J connectivity index is 2.22. The number of hydrogen-bond acceptors (Lipinski definition) is 6. The topological polar surface area (TPSA) is 64.8 Å². The molecule has 0 spiro atoms. The second kappa shape index (κ2) is 8.26. The molecule has 7 heteroatoms. The van der Waals surface area contributed by atoms with Gasteiger partial charge in [-0.15, -0.1) is 0 Å². The Bertz CT molecular complexity index is 584. The first kappa shape index (κ1) is 19.1. The fourth-order valence-corrected chi connectivity index (χ4v) is 5.39. The highest BCUT2D eigenvalue weighted by Crippen LogP contribution is 2.64. The summed E-state index contributed by atoms with van der Waals surface area (Å²) in [6.45, 7) is 7.79. The van der Waals surface area contributed by atoms with Crippen LogP contribution in [-0.4, -0.2) is 42.5 Å². The molecule has 0 saturated carbocycles. The highest BCUT2D eigenvalue weighted by atomic mass is 31.2. The number of ether oxygens (including phenoxy) is 1. The van der Waals surface area contributed by atoms with E-state index < -0.39 is 13.4 Å². The molecule has 1 aromatic carbocycles. The summed E-state index contributed by atoms with van der Waals surface area (Å²) in [5.41, 5.74) is 1.10. The fourth-order valence-electron chi connectivity index (χ4n) is 3.00. The van der Waals surface area contributed by atoms with Gasteiger partial charge in [-0.3, -0.25) is 14.3 Å². The summed E-state index contributed by atoms with van der Waals surface area (Å²) in [7, 11) is -3.29. The third kappa shape index (κ3) is 4.25. The lowest BCUT2D eigenvalue weighted by molar-refractivity contribution is -0.141. The normalized spacial score (nSPS) is 24.4. The molecule has 0 radical (unpaired) electrons. The summed E-state index contributed by atoms with van der Waals surface area (Å²) in [5.74, 6) is -0.748. The minimum Gasteiger partial charge on any atom is -0.464 e. The molecule has 6 nitrogen and oxygen atoms in total. The second-order valence-electron chi connectivity index (χ2n) is 5.69. The van der Waals surface area contributed by atoms with Crippen molar-refractivity contribution >= 4 is 13.6 Å². The number of nitrogens with zero attached hydrogens (tertiary/aromatic N) is 1. The number of rotatable bonds is 9. The Kier molecular flexibility index (Phi) is 6.58. The van der Waals surface area contributed by atoms with Gasteiger partial charge in [-0.05, 0) is 26.3 Å². The minimum absolute atomic E-state index is 0.0194. The first-order chi connectivity index (χ1) is 11.4. The molecular weight excluding hydrogens is 329 g/mol. The summed E-state index contributed by atoms with van der Waals surface area (Å²) in [5, 5.41) is 0. The Morgan fingerprint density at radius 1 is 1.21 bits per heavy atom. The van der Waals surface area contributed by atoms with E-state index in [9.17, 15) is 9.36 Å². The van der Waals surface area contributed by atoms with Crippen molar-refractivity contribution in [2.75, 3.05) is 19.8 Å². The Hall–Kier alpha value is -1.20. The van der Waals surface area contributed by atoms with Crippen LogP contribution in [0.25, 0.3) is 0 Å². The van der Waals surface area contributed by atoms with Gasteiger partial charge < -0.3 is 13.8 Å². The Morgan fingerprint density at radius 3 is 2.29 bits per heavy atom. The van der Waals surface area contributed by atoms with Crippen LogP contribution in [0.15, 0.2) is 30.3 Å². The molecule has 0 aliphatic carbocycles. The Morgan fingerprint density at radius 2 is 1.79 bits per heavy atom. The van der Waals surface area contributed by atoms with E-state index in [2.05, 4.69) is 0 Å². The van der Waals surface area contributed by atoms with Crippen LogP contribution in [0.4, 0.5) is 0 Å². The van der Waals surface area contributed by atoms with E-state index >= 15 is 0 Å². The van der Waals surface area contributed by atoms with Crippen molar-refractivity contribution in [1.82, 2.24) is 4.90 Å². The van der Waals surface area contributed by atoms with Crippen molar-refractivity contribution in [2.24, 2.45) is 0 Å². The SMILES string of the molecule is CCOP(=O)(OCC)[C@@H]1[C@H](COC(C)=O)N1[C@H](C)c1ccccc1. The van der Waals surface area contributed by atoms with Gasteiger partial charge in [0.15, 0.2) is 0 Å². The van der Waals surface area contributed by atoms with E-state index in [1.165, 1.54) is 6.92 Å². The quantitative estimate of drug-likeness (QED) is 0.383. The van der Waals surface area contributed by atoms with Crippen LogP contribution >= 0.6 is 7.60 Å². The number of carbonyl (C=O) groups excluding carboxylic acids is 1. The average molecular weight is 355 g/mol. The van der Waals surface area contributed by atoms with Gasteiger partial charge in [-0.1, -0.05) is 30.3 Å². The first-order valence-electron chi connectivity index (χ1n) is 8.29. The van der Waals surface area contributed by atoms with Crippen LogP contribution in [0.1, 0.15) is 39.3 Å². The molecule has 24 heavy (non-hydrogen) atoms. The molecule has 134 valence electrons. The second-order valence-corrected chi connectivity index (χ2v) is 7.82. The van der Waals surface area contributed by atoms with E-state index in [1.54, 1.807) is 13.8 Å². The molecule has 0 N–H and O–H groups in total. The molecule has 1 aromatic rings. The molecule has 1 fully saturated rings. The Labute approximate surface area is 143 Å². The highest BCUT2D eigenvalue weighted by molar-refractivity contribution is 7.55. The van der Waals surface area contributed by atoms with Crippen molar-refractivity contribution in [3.63, 3.8) is 0 Å². The van der Waals surface area contributed by atoms with Gasteiger partial charge in [0.2, 0.25) is 0 Å². The van der Waals surface area contributed by atoms with Gasteiger partial charge in [0.25, 0.3) is 0 Å². The maximum absolute atomic E-state index is 13.2. The number of carbonyl (C=O) groups is 1. The van der Waals surface area contributed by atoms with Gasteiger partial charge in [0.05, 0.1) is 19.3 Å². The predicted octanol–water partition coefficient (Wildman–Crippen LogP) is 3.59. The molecule has 0 aromatic heterocycles. The molecule has 2 rings (SSSR count). The molecule has 1 aliphatic rings. The first-order valence-corrected chi connectivity index (χ1v) is 9.90. The summed E-state index contributed by atoms with van der Waals surface area (Å²) >= 11 is 0. The van der Waals surface area contributed by atoms with Gasteiger partial charge in [-0.2, -0.15) is 0 Å². The van der Waals surface area contributed by atoms with Gasteiger partial charge in [0, 0.05) is 13.0 Å². The lowest BCUT2D eigenvalue weighted by Gasteiger charge is -2.19. The number of esters is 1. The monoisotopic (exact) mass is 355 g/mol. The van der Waals surface area contributed by atoms with Crippen molar-refractivity contribution in [3.05, 3.63) is 35.9 Å². The predicted molar refractivity (Wildman–Crippen MR) is 91.8 cm³/mol. The zero-order chi connectivity index (χ0) is 17.7. The molecule has 4 atom stereocenters. The van der Waals surface area contributed by atoms with E-state index in [0.29, 0.717) is 13.2 Å². The third-order valence-corrected chi connectivity index (χ3v) is 6.57. The lowest BCUT2D eigenvalue weighted by Crippen LogP contribution is -2.14.